The van der Waals surface area contributed by atoms with Crippen molar-refractivity contribution in [2.45, 2.75) is 31.2 Å². The fourth-order valence-electron chi connectivity index (χ4n) is 4.23. The summed E-state index contributed by atoms with van der Waals surface area (Å²) in [4.78, 5) is 46.7. The molecule has 1 aliphatic rings. The van der Waals surface area contributed by atoms with Crippen molar-refractivity contribution in [3.05, 3.63) is 82.8 Å². The number of aromatic nitrogens is 1. The number of carbonyl (C=O) groups excluding carboxylic acids is 3. The molecule has 0 radical (unpaired) electrons. The summed E-state index contributed by atoms with van der Waals surface area (Å²) in [5, 5.41) is 3.96. The van der Waals surface area contributed by atoms with Crippen molar-refractivity contribution in [2.75, 3.05) is 20.2 Å². The Kier molecular flexibility index (Phi) is 7.37. The van der Waals surface area contributed by atoms with E-state index < -0.39 is 5.41 Å². The maximum atomic E-state index is 13.7. The van der Waals surface area contributed by atoms with Crippen molar-refractivity contribution in [3.8, 4) is 5.75 Å². The summed E-state index contributed by atoms with van der Waals surface area (Å²) in [5.41, 5.74) is 0.543. The zero-order chi connectivity index (χ0) is 24.0. The molecule has 8 heteroatoms. The molecule has 1 aromatic carbocycles. The molecule has 3 aromatic rings. The second-order valence-electron chi connectivity index (χ2n) is 8.42. The van der Waals surface area contributed by atoms with E-state index in [2.05, 4.69) is 4.98 Å². The Hall–Kier alpha value is -3.52. The zero-order valence-corrected chi connectivity index (χ0v) is 19.9. The highest BCUT2D eigenvalue weighted by Gasteiger charge is 2.53. The Labute approximate surface area is 203 Å². The molecule has 0 N–H and O–H groups in total. The predicted octanol–water partition coefficient (Wildman–Crippen LogP) is 3.66. The molecule has 0 aliphatic carbocycles. The van der Waals surface area contributed by atoms with Gasteiger partial charge in [-0.15, -0.1) is 0 Å². The van der Waals surface area contributed by atoms with Gasteiger partial charge in [0.2, 0.25) is 17.7 Å². The number of nitrogens with zero attached hydrogens (tertiary/aromatic N) is 3. The second-order valence-corrected chi connectivity index (χ2v) is 9.20. The molecule has 7 nitrogen and oxygen atoms in total. The highest BCUT2D eigenvalue weighted by atomic mass is 32.1. The van der Waals surface area contributed by atoms with Crippen LogP contribution in [-0.4, -0.2) is 52.7 Å². The van der Waals surface area contributed by atoms with Gasteiger partial charge in [0.15, 0.2) is 0 Å². The molecule has 3 heterocycles. The molecule has 0 unspecified atom stereocenters. The van der Waals surface area contributed by atoms with Crippen molar-refractivity contribution in [1.82, 2.24) is 14.8 Å². The summed E-state index contributed by atoms with van der Waals surface area (Å²) >= 11 is 1.57. The third-order valence-electron chi connectivity index (χ3n) is 6.04. The number of pyridine rings is 1. The van der Waals surface area contributed by atoms with E-state index in [-0.39, 0.29) is 37.1 Å². The summed E-state index contributed by atoms with van der Waals surface area (Å²) in [6, 6.07) is 14.7. The van der Waals surface area contributed by atoms with Gasteiger partial charge in [-0.1, -0.05) is 30.3 Å². The van der Waals surface area contributed by atoms with Gasteiger partial charge >= 0.3 is 0 Å². The van der Waals surface area contributed by atoms with Gasteiger partial charge < -0.3 is 9.64 Å². The molecule has 2 aromatic heterocycles. The van der Waals surface area contributed by atoms with E-state index in [1.54, 1.807) is 47.8 Å². The van der Waals surface area contributed by atoms with Crippen molar-refractivity contribution in [3.63, 3.8) is 0 Å². The van der Waals surface area contributed by atoms with Crippen LogP contribution in [-0.2, 0) is 26.3 Å². The Morgan fingerprint density at radius 3 is 2.71 bits per heavy atom. The molecule has 0 bridgehead atoms. The summed E-state index contributed by atoms with van der Waals surface area (Å²) in [7, 11) is 1.73. The van der Waals surface area contributed by atoms with Crippen LogP contribution in [0, 0.1) is 0 Å². The van der Waals surface area contributed by atoms with Gasteiger partial charge in [0.25, 0.3) is 0 Å². The molecule has 4 rings (SSSR count). The number of imide groups is 1. The molecule has 0 saturated carbocycles. The molecule has 34 heavy (non-hydrogen) atoms. The van der Waals surface area contributed by atoms with Gasteiger partial charge in [-0.2, -0.15) is 11.3 Å². The molecule has 176 valence electrons. The quantitative estimate of drug-likeness (QED) is 0.329. The highest BCUT2D eigenvalue weighted by Crippen LogP contribution is 2.40. The summed E-state index contributed by atoms with van der Waals surface area (Å²) in [5.74, 6) is -0.108. The predicted molar refractivity (Wildman–Crippen MR) is 129 cm³/mol. The van der Waals surface area contributed by atoms with Crippen LogP contribution < -0.4 is 4.74 Å². The first-order valence-electron chi connectivity index (χ1n) is 11.2. The first kappa shape index (κ1) is 23.6. The second kappa shape index (κ2) is 10.6. The van der Waals surface area contributed by atoms with Gasteiger partial charge in [0.05, 0.1) is 18.2 Å². The van der Waals surface area contributed by atoms with E-state index in [1.165, 1.54) is 4.90 Å². The van der Waals surface area contributed by atoms with Crippen molar-refractivity contribution in [1.29, 1.82) is 0 Å². The summed E-state index contributed by atoms with van der Waals surface area (Å²) in [6.07, 6.45) is 3.70. The highest BCUT2D eigenvalue weighted by molar-refractivity contribution is 7.07. The number of ether oxygens (including phenoxy) is 1. The standard InChI is InChI=1S/C26H27N3O4S/c1-28(18-20-10-14-34-19-20)23(30)15-26(21-7-3-2-4-8-21)16-24(31)29(25(26)32)12-6-13-33-22-9-5-11-27-17-22/h2-5,7-11,14,17,19H,6,12-13,15-16,18H2,1H3/t26-/m0/s1. The van der Waals surface area contributed by atoms with Gasteiger partial charge in [0.1, 0.15) is 5.75 Å². The number of carbonyl (C=O) groups is 3. The summed E-state index contributed by atoms with van der Waals surface area (Å²) < 4.78 is 5.65. The Morgan fingerprint density at radius 2 is 2.00 bits per heavy atom. The molecular weight excluding hydrogens is 450 g/mol. The average molecular weight is 478 g/mol. The van der Waals surface area contributed by atoms with Crippen LogP contribution >= 0.6 is 11.3 Å². The topological polar surface area (TPSA) is 79.8 Å². The van der Waals surface area contributed by atoms with E-state index >= 15 is 0 Å². The normalized spacial score (nSPS) is 17.7. The van der Waals surface area contributed by atoms with Crippen molar-refractivity contribution >= 4 is 29.1 Å². The fourth-order valence-corrected chi connectivity index (χ4v) is 4.89. The molecular formula is C26H27N3O4S. The lowest BCUT2D eigenvalue weighted by atomic mass is 9.75. The Balaban J connectivity index is 1.47. The minimum Gasteiger partial charge on any atom is -0.492 e. The molecule has 1 saturated heterocycles. The number of rotatable bonds is 10. The lowest BCUT2D eigenvalue weighted by Crippen LogP contribution is -2.43. The van der Waals surface area contributed by atoms with Gasteiger partial charge in [-0.25, -0.2) is 0 Å². The molecule has 1 fully saturated rings. The molecule has 1 atom stereocenters. The monoisotopic (exact) mass is 477 g/mol. The van der Waals surface area contributed by atoms with Crippen molar-refractivity contribution in [2.24, 2.45) is 0 Å². The van der Waals surface area contributed by atoms with Crippen LogP contribution in [0.2, 0.25) is 0 Å². The minimum atomic E-state index is -1.19. The zero-order valence-electron chi connectivity index (χ0n) is 19.1. The van der Waals surface area contributed by atoms with E-state index in [0.717, 1.165) is 5.56 Å². The largest absolute Gasteiger partial charge is 0.492 e. The number of amides is 3. The maximum absolute atomic E-state index is 13.7. The lowest BCUT2D eigenvalue weighted by Gasteiger charge is -2.29. The first-order valence-corrected chi connectivity index (χ1v) is 12.1. The first-order chi connectivity index (χ1) is 16.5. The number of hydrogen-bond donors (Lipinski definition) is 0. The van der Waals surface area contributed by atoms with Crippen molar-refractivity contribution < 1.29 is 19.1 Å². The van der Waals surface area contributed by atoms with E-state index in [1.807, 2.05) is 47.2 Å². The van der Waals surface area contributed by atoms with Crippen LogP contribution in [0.5, 0.6) is 5.75 Å². The smallest absolute Gasteiger partial charge is 0.240 e. The maximum Gasteiger partial charge on any atom is 0.240 e. The fraction of sp³-hybridized carbons (Fsp3) is 0.308. The van der Waals surface area contributed by atoms with E-state index in [9.17, 15) is 14.4 Å². The van der Waals surface area contributed by atoms with E-state index in [4.69, 9.17) is 4.74 Å². The van der Waals surface area contributed by atoms with E-state index in [0.29, 0.717) is 30.9 Å². The van der Waals surface area contributed by atoms with Gasteiger partial charge in [0, 0.05) is 39.2 Å². The lowest BCUT2D eigenvalue weighted by molar-refractivity contribution is -0.142. The van der Waals surface area contributed by atoms with Gasteiger partial charge in [-0.05, 0) is 46.5 Å². The van der Waals surface area contributed by atoms with Crippen LogP contribution in [0.25, 0.3) is 0 Å². The van der Waals surface area contributed by atoms with Crippen LogP contribution in [0.15, 0.2) is 71.7 Å². The minimum absolute atomic E-state index is 0.0165. The molecule has 0 spiro atoms. The molecule has 3 amide bonds. The average Bonchev–Trinajstić information content (AvgIpc) is 3.45. The number of hydrogen-bond acceptors (Lipinski definition) is 6. The molecule has 1 aliphatic heterocycles. The Bertz CT molecular complexity index is 1120. The SMILES string of the molecule is CN(Cc1ccsc1)C(=O)C[C@@]1(c2ccccc2)CC(=O)N(CCCOc2cccnc2)C1=O. The number of thiophene rings is 1. The summed E-state index contributed by atoms with van der Waals surface area (Å²) in [6.45, 7) is 1.06. The van der Waals surface area contributed by atoms with Gasteiger partial charge in [-0.3, -0.25) is 24.3 Å². The third kappa shape index (κ3) is 5.17. The van der Waals surface area contributed by atoms with Crippen LogP contribution in [0.1, 0.15) is 30.4 Å². The third-order valence-corrected chi connectivity index (χ3v) is 6.77. The van der Waals surface area contributed by atoms with Crippen LogP contribution in [0.3, 0.4) is 0 Å². The number of benzene rings is 1. The number of likely N-dealkylation sites (tertiary alicyclic amines) is 1. The Morgan fingerprint density at radius 1 is 1.18 bits per heavy atom. The van der Waals surface area contributed by atoms with Crippen LogP contribution in [0.4, 0.5) is 0 Å².